The van der Waals surface area contributed by atoms with Crippen LogP contribution in [0.2, 0.25) is 0 Å². The molecule has 0 bridgehead atoms. The minimum Gasteiger partial charge on any atom is -0.444 e. The van der Waals surface area contributed by atoms with Crippen molar-refractivity contribution < 1.29 is 4.42 Å². The third kappa shape index (κ3) is 2.75. The van der Waals surface area contributed by atoms with Crippen LogP contribution in [0.4, 0.5) is 11.6 Å². The molecule has 0 saturated carbocycles. The molecule has 0 fully saturated rings. The van der Waals surface area contributed by atoms with Gasteiger partial charge in [0.2, 0.25) is 5.89 Å². The molecule has 5 nitrogen and oxygen atoms in total. The second-order valence-corrected chi connectivity index (χ2v) is 3.83. The van der Waals surface area contributed by atoms with Gasteiger partial charge in [-0.1, -0.05) is 6.07 Å². The predicted molar refractivity (Wildman–Crippen MR) is 67.1 cm³/mol. The van der Waals surface area contributed by atoms with Gasteiger partial charge in [0.1, 0.15) is 23.4 Å². The minimum absolute atomic E-state index is 0.0108. The molecule has 0 aromatic carbocycles. The van der Waals surface area contributed by atoms with E-state index in [-0.39, 0.29) is 6.04 Å². The van der Waals surface area contributed by atoms with E-state index in [1.807, 2.05) is 39.1 Å². The van der Waals surface area contributed by atoms with Gasteiger partial charge in [0, 0.05) is 7.05 Å². The number of hydrogen-bond acceptors (Lipinski definition) is 5. The van der Waals surface area contributed by atoms with Gasteiger partial charge in [-0.05, 0) is 26.0 Å². The lowest BCUT2D eigenvalue weighted by molar-refractivity contribution is 0.453. The average Bonchev–Trinajstić information content (AvgIpc) is 2.76. The third-order valence-corrected chi connectivity index (χ3v) is 2.38. The van der Waals surface area contributed by atoms with Crippen LogP contribution in [0.3, 0.4) is 0 Å². The summed E-state index contributed by atoms with van der Waals surface area (Å²) >= 11 is 0. The Labute approximate surface area is 100 Å². The van der Waals surface area contributed by atoms with Crippen LogP contribution in [0.25, 0.3) is 0 Å². The summed E-state index contributed by atoms with van der Waals surface area (Å²) in [5.41, 5.74) is 0. The highest BCUT2D eigenvalue weighted by Crippen LogP contribution is 2.18. The van der Waals surface area contributed by atoms with Crippen LogP contribution in [0.15, 0.2) is 28.8 Å². The van der Waals surface area contributed by atoms with Crippen LogP contribution in [-0.2, 0) is 0 Å². The van der Waals surface area contributed by atoms with Crippen molar-refractivity contribution >= 4 is 11.6 Å². The summed E-state index contributed by atoms with van der Waals surface area (Å²) in [6, 6.07) is 5.75. The lowest BCUT2D eigenvalue weighted by atomic mass is 10.3. The quantitative estimate of drug-likeness (QED) is 0.848. The molecule has 0 spiro atoms. The van der Waals surface area contributed by atoms with E-state index >= 15 is 0 Å². The first-order chi connectivity index (χ1) is 8.19. The van der Waals surface area contributed by atoms with Gasteiger partial charge in [-0.2, -0.15) is 0 Å². The highest BCUT2D eigenvalue weighted by atomic mass is 16.4. The van der Waals surface area contributed by atoms with Crippen LogP contribution in [0.5, 0.6) is 0 Å². The van der Waals surface area contributed by atoms with E-state index in [2.05, 4.69) is 20.6 Å². The molecule has 2 aromatic heterocycles. The van der Waals surface area contributed by atoms with Gasteiger partial charge >= 0.3 is 0 Å². The SMILES string of the molecule is CNc1cccc(NC(C)c2ncc(C)o2)n1. The molecule has 90 valence electrons. The molecule has 1 atom stereocenters. The summed E-state index contributed by atoms with van der Waals surface area (Å²) in [5.74, 6) is 3.09. The number of hydrogen-bond donors (Lipinski definition) is 2. The Hall–Kier alpha value is -2.04. The standard InChI is InChI=1S/C12H16N4O/c1-8-7-14-12(17-8)9(2)15-11-6-4-5-10(13-3)16-11/h4-7,9H,1-3H3,(H2,13,15,16). The number of anilines is 2. The predicted octanol–water partition coefficient (Wildman–Crippen LogP) is 2.59. The third-order valence-electron chi connectivity index (χ3n) is 2.38. The van der Waals surface area contributed by atoms with E-state index in [1.165, 1.54) is 0 Å². The first-order valence-corrected chi connectivity index (χ1v) is 5.52. The number of oxazole rings is 1. The number of nitrogens with zero attached hydrogens (tertiary/aromatic N) is 2. The molecule has 0 radical (unpaired) electrons. The number of nitrogens with one attached hydrogen (secondary N) is 2. The molecule has 0 aliphatic heterocycles. The molecule has 2 aromatic rings. The van der Waals surface area contributed by atoms with E-state index in [4.69, 9.17) is 4.42 Å². The van der Waals surface area contributed by atoms with Crippen molar-refractivity contribution in [1.82, 2.24) is 9.97 Å². The van der Waals surface area contributed by atoms with Gasteiger partial charge in [0.05, 0.1) is 6.20 Å². The Kier molecular flexibility index (Phi) is 3.27. The molecule has 0 amide bonds. The Morgan fingerprint density at radius 1 is 1.29 bits per heavy atom. The Morgan fingerprint density at radius 2 is 2.06 bits per heavy atom. The molecule has 1 unspecified atom stereocenters. The minimum atomic E-state index is -0.0108. The molecule has 17 heavy (non-hydrogen) atoms. The van der Waals surface area contributed by atoms with Crippen molar-refractivity contribution in [3.63, 3.8) is 0 Å². The molecule has 0 saturated heterocycles. The summed E-state index contributed by atoms with van der Waals surface area (Å²) in [4.78, 5) is 8.55. The van der Waals surface area contributed by atoms with Crippen LogP contribution < -0.4 is 10.6 Å². The van der Waals surface area contributed by atoms with Gasteiger partial charge in [0.25, 0.3) is 0 Å². The average molecular weight is 232 g/mol. The number of pyridine rings is 1. The summed E-state index contributed by atoms with van der Waals surface area (Å²) < 4.78 is 5.46. The Morgan fingerprint density at radius 3 is 2.71 bits per heavy atom. The fourth-order valence-electron chi connectivity index (χ4n) is 1.51. The zero-order chi connectivity index (χ0) is 12.3. The van der Waals surface area contributed by atoms with Crippen LogP contribution in [0.1, 0.15) is 24.6 Å². The maximum atomic E-state index is 5.46. The maximum Gasteiger partial charge on any atom is 0.216 e. The summed E-state index contributed by atoms with van der Waals surface area (Å²) in [5, 5.41) is 6.23. The van der Waals surface area contributed by atoms with Gasteiger partial charge in [0.15, 0.2) is 0 Å². The topological polar surface area (TPSA) is 63.0 Å². The first kappa shape index (κ1) is 11.4. The molecule has 2 heterocycles. The molecule has 2 rings (SSSR count). The van der Waals surface area contributed by atoms with E-state index in [9.17, 15) is 0 Å². The molecular formula is C12H16N4O. The van der Waals surface area contributed by atoms with Crippen molar-refractivity contribution in [2.24, 2.45) is 0 Å². The number of aryl methyl sites for hydroxylation is 1. The van der Waals surface area contributed by atoms with Gasteiger partial charge in [-0.15, -0.1) is 0 Å². The second-order valence-electron chi connectivity index (χ2n) is 3.83. The zero-order valence-electron chi connectivity index (χ0n) is 10.2. The van der Waals surface area contributed by atoms with Gasteiger partial charge < -0.3 is 15.1 Å². The summed E-state index contributed by atoms with van der Waals surface area (Å²) in [6.07, 6.45) is 1.71. The molecular weight excluding hydrogens is 216 g/mol. The van der Waals surface area contributed by atoms with E-state index in [0.29, 0.717) is 5.89 Å². The van der Waals surface area contributed by atoms with Crippen molar-refractivity contribution in [1.29, 1.82) is 0 Å². The van der Waals surface area contributed by atoms with Crippen molar-refractivity contribution in [2.75, 3.05) is 17.7 Å². The zero-order valence-corrected chi connectivity index (χ0v) is 10.2. The summed E-state index contributed by atoms with van der Waals surface area (Å²) in [6.45, 7) is 3.86. The Balaban J connectivity index is 2.09. The molecule has 5 heteroatoms. The van der Waals surface area contributed by atoms with Gasteiger partial charge in [-0.3, -0.25) is 0 Å². The molecule has 2 N–H and O–H groups in total. The lowest BCUT2D eigenvalue weighted by Crippen LogP contribution is -2.08. The van der Waals surface area contributed by atoms with Crippen LogP contribution in [0, 0.1) is 6.92 Å². The first-order valence-electron chi connectivity index (χ1n) is 5.52. The lowest BCUT2D eigenvalue weighted by Gasteiger charge is -2.11. The Bertz CT molecular complexity index is 495. The largest absolute Gasteiger partial charge is 0.444 e. The van der Waals surface area contributed by atoms with Crippen molar-refractivity contribution in [3.05, 3.63) is 36.0 Å². The van der Waals surface area contributed by atoms with E-state index in [1.54, 1.807) is 6.20 Å². The fourth-order valence-corrected chi connectivity index (χ4v) is 1.51. The monoisotopic (exact) mass is 232 g/mol. The maximum absolute atomic E-state index is 5.46. The number of rotatable bonds is 4. The van der Waals surface area contributed by atoms with E-state index in [0.717, 1.165) is 17.4 Å². The fraction of sp³-hybridized carbons (Fsp3) is 0.333. The highest BCUT2D eigenvalue weighted by Gasteiger charge is 2.11. The number of aromatic nitrogens is 2. The normalized spacial score (nSPS) is 12.2. The highest BCUT2D eigenvalue weighted by molar-refractivity contribution is 5.45. The summed E-state index contributed by atoms with van der Waals surface area (Å²) in [7, 11) is 1.84. The van der Waals surface area contributed by atoms with Gasteiger partial charge in [-0.25, -0.2) is 9.97 Å². The molecule has 0 aliphatic rings. The van der Waals surface area contributed by atoms with Crippen molar-refractivity contribution in [2.45, 2.75) is 19.9 Å². The second kappa shape index (κ2) is 4.86. The molecule has 0 aliphatic carbocycles. The smallest absolute Gasteiger partial charge is 0.216 e. The van der Waals surface area contributed by atoms with Crippen LogP contribution in [-0.4, -0.2) is 17.0 Å². The van der Waals surface area contributed by atoms with Crippen molar-refractivity contribution in [3.8, 4) is 0 Å². The van der Waals surface area contributed by atoms with E-state index < -0.39 is 0 Å². The van der Waals surface area contributed by atoms with Crippen LogP contribution >= 0.6 is 0 Å².